The largest absolute Gasteiger partial charge is 1.00 e. The smallest absolute Gasteiger partial charge is 0.781 e. The molecule has 0 saturated carbocycles. The third-order valence-corrected chi connectivity index (χ3v) is 1.52. The second-order valence-corrected chi connectivity index (χ2v) is 2.82. The molecule has 1 N–H and O–H groups in total. The molecule has 0 aromatic carbocycles. The Labute approximate surface area is 120 Å². The molecule has 0 amide bonds. The third kappa shape index (κ3) is 14.3. The molecule has 2 unspecified atom stereocenters. The Bertz CT molecular complexity index is 149. The summed E-state index contributed by atoms with van der Waals surface area (Å²) in [6, 6.07) is 0. The molecule has 0 rings (SSSR count). The van der Waals surface area contributed by atoms with Crippen molar-refractivity contribution in [3.63, 3.8) is 0 Å². The van der Waals surface area contributed by atoms with Crippen molar-refractivity contribution in [2.24, 2.45) is 0 Å². The number of hydrogen-bond acceptors (Lipinski definition) is 7. The molecule has 0 heterocycles. The van der Waals surface area contributed by atoms with Gasteiger partial charge < -0.3 is 33.1 Å². The Morgan fingerprint density at radius 2 is 1.46 bits per heavy atom. The van der Waals surface area contributed by atoms with E-state index in [0.717, 1.165) is 0 Å². The van der Waals surface area contributed by atoms with E-state index in [1.54, 1.807) is 0 Å². The minimum atomic E-state index is -3.54. The second kappa shape index (κ2) is 12.3. The third-order valence-electron chi connectivity index (χ3n) is 0.604. The molecule has 0 aliphatic heterocycles. The van der Waals surface area contributed by atoms with Crippen molar-refractivity contribution in [3.8, 4) is 0 Å². The summed E-state index contributed by atoms with van der Waals surface area (Å²) in [7, 11) is -7.07. The van der Waals surface area contributed by atoms with Crippen LogP contribution in [0.5, 0.6) is 0 Å². The van der Waals surface area contributed by atoms with E-state index in [2.05, 4.69) is 9.05 Å². The van der Waals surface area contributed by atoms with Crippen LogP contribution in [0.2, 0.25) is 0 Å². The molecule has 0 aliphatic rings. The first-order valence-electron chi connectivity index (χ1n) is 2.42. The second-order valence-electron chi connectivity index (χ2n) is 1.35. The topological polar surface area (TPSA) is 119 Å². The quantitative estimate of drug-likeness (QED) is 0.292. The summed E-state index contributed by atoms with van der Waals surface area (Å²) in [5.74, 6) is 0. The molecule has 68 valence electrons. The maximum Gasteiger partial charge on any atom is 1.00 e. The van der Waals surface area contributed by atoms with E-state index in [1.165, 1.54) is 0 Å². The Morgan fingerprint density at radius 3 is 1.62 bits per heavy atom. The fourth-order valence-electron chi connectivity index (χ4n) is 0.313. The number of aliphatic hydroxyl groups excluding tert-OH is 1. The van der Waals surface area contributed by atoms with Crippen LogP contribution in [0.1, 0.15) is 0 Å². The van der Waals surface area contributed by atoms with Crippen molar-refractivity contribution in [1.82, 2.24) is 0 Å². The molecule has 11 heteroatoms. The Balaban J connectivity index is -0.000000500. The standard InChI is InChI=1S/C2H8O7P2.2Na/c3-1-2(8-10(4)5)9-11(6)7;;/h2-3,10-11H,1H2,(H,4,5)(H,6,7);;/q;2*+1/p-2. The van der Waals surface area contributed by atoms with Gasteiger partial charge in [0, 0.05) is 0 Å². The van der Waals surface area contributed by atoms with E-state index >= 15 is 0 Å². The number of aliphatic hydroxyl groups is 1. The Morgan fingerprint density at radius 1 is 1.15 bits per heavy atom. The van der Waals surface area contributed by atoms with E-state index in [9.17, 15) is 18.9 Å². The molecule has 0 radical (unpaired) electrons. The summed E-state index contributed by atoms with van der Waals surface area (Å²) in [4.78, 5) is 19.6. The fourth-order valence-corrected chi connectivity index (χ4v) is 1.08. The molecular weight excluding hydrogens is 244 g/mol. The maximum atomic E-state index is 9.82. The predicted molar refractivity (Wildman–Crippen MR) is 31.0 cm³/mol. The number of hydrogen-bond donors (Lipinski definition) is 1. The van der Waals surface area contributed by atoms with Gasteiger partial charge in [-0.2, -0.15) is 0 Å². The molecule has 13 heavy (non-hydrogen) atoms. The number of rotatable bonds is 5. The van der Waals surface area contributed by atoms with Gasteiger partial charge in [0.15, 0.2) is 6.29 Å². The average molecular weight is 250 g/mol. The van der Waals surface area contributed by atoms with Crippen LogP contribution in [0, 0.1) is 0 Å². The molecular formula is C2H6Na2O7P2. The van der Waals surface area contributed by atoms with Gasteiger partial charge in [-0.05, 0) is 0 Å². The zero-order valence-corrected chi connectivity index (χ0v) is 13.2. The van der Waals surface area contributed by atoms with E-state index in [1.807, 2.05) is 0 Å². The monoisotopic (exact) mass is 250 g/mol. The van der Waals surface area contributed by atoms with Crippen molar-refractivity contribution in [2.45, 2.75) is 6.29 Å². The molecule has 0 spiro atoms. The minimum absolute atomic E-state index is 0. The molecule has 2 atom stereocenters. The van der Waals surface area contributed by atoms with Gasteiger partial charge in [0.25, 0.3) is 0 Å². The van der Waals surface area contributed by atoms with Gasteiger partial charge in [0.1, 0.15) is 16.5 Å². The molecule has 0 aliphatic carbocycles. The van der Waals surface area contributed by atoms with Crippen LogP contribution >= 0.6 is 16.5 Å². The van der Waals surface area contributed by atoms with Crippen LogP contribution in [-0.2, 0) is 18.2 Å². The van der Waals surface area contributed by atoms with Crippen LogP contribution in [0.4, 0.5) is 0 Å². The molecule has 0 aromatic rings. The van der Waals surface area contributed by atoms with Crippen LogP contribution in [-0.4, -0.2) is 18.0 Å². The molecule has 0 fully saturated rings. The average Bonchev–Trinajstić information content (AvgIpc) is 1.84. The van der Waals surface area contributed by atoms with Crippen molar-refractivity contribution in [2.75, 3.05) is 6.61 Å². The molecule has 0 aromatic heterocycles. The summed E-state index contributed by atoms with van der Waals surface area (Å²) in [6.07, 6.45) is -1.64. The van der Waals surface area contributed by atoms with Gasteiger partial charge in [-0.15, -0.1) is 0 Å². The summed E-state index contributed by atoms with van der Waals surface area (Å²) in [5, 5.41) is 8.25. The first kappa shape index (κ1) is 20.6. The molecule has 7 nitrogen and oxygen atoms in total. The Kier molecular flexibility index (Phi) is 19.6. The maximum absolute atomic E-state index is 9.82. The predicted octanol–water partition coefficient (Wildman–Crippen LogP) is -8.15. The van der Waals surface area contributed by atoms with Gasteiger partial charge in [-0.1, -0.05) is 0 Å². The molecule has 0 saturated heterocycles. The van der Waals surface area contributed by atoms with Crippen LogP contribution in [0.3, 0.4) is 0 Å². The van der Waals surface area contributed by atoms with Crippen molar-refractivity contribution >= 4 is 16.5 Å². The van der Waals surface area contributed by atoms with E-state index < -0.39 is 29.4 Å². The first-order valence-corrected chi connectivity index (χ1v) is 4.87. The molecule has 0 bridgehead atoms. The zero-order chi connectivity index (χ0) is 8.85. The van der Waals surface area contributed by atoms with Gasteiger partial charge in [0.05, 0.1) is 6.61 Å². The van der Waals surface area contributed by atoms with E-state index in [-0.39, 0.29) is 59.1 Å². The summed E-state index contributed by atoms with van der Waals surface area (Å²) < 4.78 is 27.3. The van der Waals surface area contributed by atoms with Crippen molar-refractivity contribution in [1.29, 1.82) is 0 Å². The first-order chi connectivity index (χ1) is 5.06. The van der Waals surface area contributed by atoms with E-state index in [0.29, 0.717) is 0 Å². The van der Waals surface area contributed by atoms with Gasteiger partial charge in [-0.3, -0.25) is 0 Å². The summed E-state index contributed by atoms with van der Waals surface area (Å²) >= 11 is 0. The summed E-state index contributed by atoms with van der Waals surface area (Å²) in [6.45, 7) is -0.836. The minimum Gasteiger partial charge on any atom is -0.781 e. The van der Waals surface area contributed by atoms with Gasteiger partial charge in [-0.25, -0.2) is 0 Å². The SMILES string of the molecule is O=[PH]([O-])OC(CO)O[PH](=O)[O-].[Na+].[Na+]. The van der Waals surface area contributed by atoms with Crippen LogP contribution in [0.15, 0.2) is 0 Å². The van der Waals surface area contributed by atoms with Gasteiger partial charge >= 0.3 is 59.1 Å². The van der Waals surface area contributed by atoms with Crippen molar-refractivity contribution in [3.05, 3.63) is 0 Å². The van der Waals surface area contributed by atoms with Crippen molar-refractivity contribution < 1.29 is 92.2 Å². The van der Waals surface area contributed by atoms with Crippen LogP contribution in [0.25, 0.3) is 0 Å². The fraction of sp³-hybridized carbons (Fsp3) is 1.00. The zero-order valence-electron chi connectivity index (χ0n) is 7.18. The van der Waals surface area contributed by atoms with Crippen LogP contribution < -0.4 is 68.9 Å². The summed E-state index contributed by atoms with van der Waals surface area (Å²) in [5.41, 5.74) is 0. The van der Waals surface area contributed by atoms with E-state index in [4.69, 9.17) is 5.11 Å². The normalized spacial score (nSPS) is 16.2. The van der Waals surface area contributed by atoms with Gasteiger partial charge in [0.2, 0.25) is 0 Å². The Hall–Kier alpha value is 2.26.